The summed E-state index contributed by atoms with van der Waals surface area (Å²) < 4.78 is 44.2. The van der Waals surface area contributed by atoms with E-state index in [0.717, 1.165) is 11.3 Å². The zero-order valence-corrected chi connectivity index (χ0v) is 19.5. The van der Waals surface area contributed by atoms with Crippen molar-refractivity contribution in [3.05, 3.63) is 54.1 Å². The summed E-state index contributed by atoms with van der Waals surface area (Å²) >= 11 is 0. The van der Waals surface area contributed by atoms with E-state index in [1.165, 1.54) is 19.2 Å². The Morgan fingerprint density at radius 2 is 1.82 bits per heavy atom. The standard InChI is InChI=1S/C23H30N2O7S/c1-30-17-8-6-16(7-9-17)14-24-23(27)13-19-10-11-21(22(15-26)32-19)25-33(28,29)20-5-3-4-18(12-20)31-2/h3-9,12,19,21-22,25-26H,10-11,13-15H2,1-2H3,(H,24,27)/t19-,21+,22+/m1/s1. The van der Waals surface area contributed by atoms with Gasteiger partial charge in [0, 0.05) is 12.6 Å². The van der Waals surface area contributed by atoms with Gasteiger partial charge < -0.3 is 24.6 Å². The number of aliphatic hydroxyl groups excluding tert-OH is 1. The van der Waals surface area contributed by atoms with Gasteiger partial charge in [0.1, 0.15) is 11.5 Å². The van der Waals surface area contributed by atoms with E-state index in [0.29, 0.717) is 25.1 Å². The van der Waals surface area contributed by atoms with E-state index in [-0.39, 0.29) is 23.8 Å². The number of methoxy groups -OCH3 is 2. The van der Waals surface area contributed by atoms with Crippen molar-refractivity contribution >= 4 is 15.9 Å². The molecule has 10 heteroatoms. The van der Waals surface area contributed by atoms with Crippen LogP contribution in [0.5, 0.6) is 11.5 Å². The Balaban J connectivity index is 1.52. The molecule has 33 heavy (non-hydrogen) atoms. The minimum Gasteiger partial charge on any atom is -0.497 e. The SMILES string of the molecule is COc1ccc(CNC(=O)C[C@H]2CC[C@H](NS(=O)(=O)c3cccc(OC)c3)[C@H](CO)O2)cc1. The van der Waals surface area contributed by atoms with Crippen LogP contribution in [-0.2, 0) is 26.1 Å². The summed E-state index contributed by atoms with van der Waals surface area (Å²) in [5, 5.41) is 12.6. The molecule has 9 nitrogen and oxygen atoms in total. The summed E-state index contributed by atoms with van der Waals surface area (Å²) in [4.78, 5) is 12.4. The molecule has 0 aliphatic carbocycles. The van der Waals surface area contributed by atoms with Crippen LogP contribution in [0, 0.1) is 0 Å². The highest BCUT2D eigenvalue weighted by atomic mass is 32.2. The number of carbonyl (C=O) groups is 1. The van der Waals surface area contributed by atoms with Crippen LogP contribution in [0.25, 0.3) is 0 Å². The molecule has 3 N–H and O–H groups in total. The summed E-state index contributed by atoms with van der Waals surface area (Å²) in [6.07, 6.45) is -0.112. The lowest BCUT2D eigenvalue weighted by atomic mass is 9.98. The van der Waals surface area contributed by atoms with Crippen molar-refractivity contribution in [2.75, 3.05) is 20.8 Å². The van der Waals surface area contributed by atoms with Crippen molar-refractivity contribution in [1.82, 2.24) is 10.0 Å². The van der Waals surface area contributed by atoms with Gasteiger partial charge in [0.05, 0.1) is 50.4 Å². The van der Waals surface area contributed by atoms with Crippen LogP contribution < -0.4 is 19.5 Å². The number of benzene rings is 2. The van der Waals surface area contributed by atoms with Crippen LogP contribution in [-0.4, -0.2) is 58.5 Å². The highest BCUT2D eigenvalue weighted by Crippen LogP contribution is 2.24. The lowest BCUT2D eigenvalue weighted by Gasteiger charge is -2.35. The van der Waals surface area contributed by atoms with Gasteiger partial charge >= 0.3 is 0 Å². The molecule has 1 heterocycles. The van der Waals surface area contributed by atoms with Crippen LogP contribution in [0.2, 0.25) is 0 Å². The zero-order chi connectivity index (χ0) is 23.8. The molecule has 1 fully saturated rings. The van der Waals surface area contributed by atoms with Crippen molar-refractivity contribution < 1.29 is 32.5 Å². The van der Waals surface area contributed by atoms with Gasteiger partial charge in [0.2, 0.25) is 15.9 Å². The predicted molar refractivity (Wildman–Crippen MR) is 122 cm³/mol. The molecule has 0 aromatic heterocycles. The van der Waals surface area contributed by atoms with Crippen molar-refractivity contribution in [2.45, 2.75) is 49.0 Å². The number of nitrogens with one attached hydrogen (secondary N) is 2. The average Bonchev–Trinajstić information content (AvgIpc) is 2.83. The third kappa shape index (κ3) is 6.91. The molecule has 0 bridgehead atoms. The van der Waals surface area contributed by atoms with E-state index in [9.17, 15) is 18.3 Å². The molecule has 2 aromatic rings. The quantitative estimate of drug-likeness (QED) is 0.474. The molecule has 1 amide bonds. The van der Waals surface area contributed by atoms with Gasteiger partial charge in [-0.3, -0.25) is 4.79 Å². The molecule has 2 aromatic carbocycles. The molecule has 0 radical (unpaired) electrons. The van der Waals surface area contributed by atoms with Crippen LogP contribution in [0.3, 0.4) is 0 Å². The first-order valence-electron chi connectivity index (χ1n) is 10.7. The molecule has 3 atom stereocenters. The molecule has 1 aliphatic heterocycles. The highest BCUT2D eigenvalue weighted by Gasteiger charge is 2.34. The lowest BCUT2D eigenvalue weighted by Crippen LogP contribution is -2.51. The third-order valence-corrected chi connectivity index (χ3v) is 7.00. The summed E-state index contributed by atoms with van der Waals surface area (Å²) in [6, 6.07) is 12.9. The van der Waals surface area contributed by atoms with Crippen LogP contribution in [0.1, 0.15) is 24.8 Å². The number of ether oxygens (including phenoxy) is 3. The van der Waals surface area contributed by atoms with Crippen molar-refractivity contribution in [2.24, 2.45) is 0 Å². The van der Waals surface area contributed by atoms with Gasteiger partial charge in [-0.1, -0.05) is 18.2 Å². The monoisotopic (exact) mass is 478 g/mol. The molecule has 0 unspecified atom stereocenters. The molecule has 0 spiro atoms. The minimum atomic E-state index is -3.83. The smallest absolute Gasteiger partial charge is 0.241 e. The fraction of sp³-hybridized carbons (Fsp3) is 0.435. The van der Waals surface area contributed by atoms with Gasteiger partial charge in [-0.05, 0) is 42.7 Å². The molecule has 1 saturated heterocycles. The first kappa shape index (κ1) is 25.0. The Labute approximate surface area is 194 Å². The number of carbonyl (C=O) groups excluding carboxylic acids is 1. The summed E-state index contributed by atoms with van der Waals surface area (Å²) in [6.45, 7) is 0.0111. The van der Waals surface area contributed by atoms with E-state index in [2.05, 4.69) is 10.0 Å². The summed E-state index contributed by atoms with van der Waals surface area (Å²) in [5.41, 5.74) is 0.939. The first-order chi connectivity index (χ1) is 15.8. The van der Waals surface area contributed by atoms with E-state index in [1.807, 2.05) is 24.3 Å². The number of hydrogen-bond acceptors (Lipinski definition) is 7. The van der Waals surface area contributed by atoms with Gasteiger partial charge in [0.25, 0.3) is 0 Å². The Morgan fingerprint density at radius 1 is 1.09 bits per heavy atom. The molecule has 180 valence electrons. The Hall–Kier alpha value is -2.66. The second-order valence-electron chi connectivity index (χ2n) is 7.79. The number of amides is 1. The first-order valence-corrected chi connectivity index (χ1v) is 12.1. The van der Waals surface area contributed by atoms with Crippen LogP contribution >= 0.6 is 0 Å². The molecule has 0 saturated carbocycles. The van der Waals surface area contributed by atoms with Gasteiger partial charge in [-0.15, -0.1) is 0 Å². The Morgan fingerprint density at radius 3 is 2.48 bits per heavy atom. The van der Waals surface area contributed by atoms with Gasteiger partial charge in [0.15, 0.2) is 0 Å². The Bertz CT molecular complexity index is 1030. The fourth-order valence-corrected chi connectivity index (χ4v) is 5.01. The van der Waals surface area contributed by atoms with E-state index in [1.54, 1.807) is 19.2 Å². The van der Waals surface area contributed by atoms with Crippen LogP contribution in [0.15, 0.2) is 53.4 Å². The molecule has 1 aliphatic rings. The number of sulfonamides is 1. The number of aliphatic hydroxyl groups is 1. The normalized spacial score (nSPS) is 20.8. The van der Waals surface area contributed by atoms with Gasteiger partial charge in [-0.25, -0.2) is 13.1 Å². The molecular weight excluding hydrogens is 448 g/mol. The zero-order valence-electron chi connectivity index (χ0n) is 18.7. The van der Waals surface area contributed by atoms with Crippen molar-refractivity contribution in [3.8, 4) is 11.5 Å². The second kappa shape index (κ2) is 11.5. The largest absolute Gasteiger partial charge is 0.497 e. The Kier molecular flexibility index (Phi) is 8.67. The maximum Gasteiger partial charge on any atom is 0.241 e. The van der Waals surface area contributed by atoms with E-state index >= 15 is 0 Å². The maximum atomic E-state index is 12.8. The van der Waals surface area contributed by atoms with Gasteiger partial charge in [-0.2, -0.15) is 0 Å². The third-order valence-electron chi connectivity index (χ3n) is 5.52. The summed E-state index contributed by atoms with van der Waals surface area (Å²) in [7, 11) is -0.776. The fourth-order valence-electron chi connectivity index (χ4n) is 3.68. The predicted octanol–water partition coefficient (Wildman–Crippen LogP) is 1.60. The van der Waals surface area contributed by atoms with Crippen LogP contribution in [0.4, 0.5) is 0 Å². The summed E-state index contributed by atoms with van der Waals surface area (Å²) in [5.74, 6) is 0.993. The topological polar surface area (TPSA) is 123 Å². The highest BCUT2D eigenvalue weighted by molar-refractivity contribution is 7.89. The van der Waals surface area contributed by atoms with Crippen molar-refractivity contribution in [3.63, 3.8) is 0 Å². The lowest BCUT2D eigenvalue weighted by molar-refractivity contribution is -0.130. The number of hydrogen-bond donors (Lipinski definition) is 3. The van der Waals surface area contributed by atoms with Crippen molar-refractivity contribution in [1.29, 1.82) is 0 Å². The minimum absolute atomic E-state index is 0.0681. The molecule has 3 rings (SSSR count). The maximum absolute atomic E-state index is 12.8. The second-order valence-corrected chi connectivity index (χ2v) is 9.51. The van der Waals surface area contributed by atoms with E-state index < -0.39 is 28.3 Å². The van der Waals surface area contributed by atoms with E-state index in [4.69, 9.17) is 14.2 Å². The number of rotatable bonds is 10. The molecular formula is C23H30N2O7S. The average molecular weight is 479 g/mol.